The number of hydrogen-bond acceptors (Lipinski definition) is 3. The summed E-state index contributed by atoms with van der Waals surface area (Å²) < 4.78 is 26.2. The van der Waals surface area contributed by atoms with Gasteiger partial charge in [-0.25, -0.2) is 8.42 Å². The van der Waals surface area contributed by atoms with Crippen molar-refractivity contribution in [1.29, 1.82) is 0 Å². The normalized spacial score (nSPS) is 31.6. The Kier molecular flexibility index (Phi) is 5.41. The lowest BCUT2D eigenvalue weighted by molar-refractivity contribution is 0.157. The molecule has 1 heterocycles. The summed E-state index contributed by atoms with van der Waals surface area (Å²) in [7, 11) is -3.09. The molecule has 4 nitrogen and oxygen atoms in total. The van der Waals surface area contributed by atoms with Crippen molar-refractivity contribution < 1.29 is 8.42 Å². The zero-order valence-corrected chi connectivity index (χ0v) is 12.0. The van der Waals surface area contributed by atoms with E-state index in [-0.39, 0.29) is 11.8 Å². The van der Waals surface area contributed by atoms with Crippen molar-refractivity contribution in [3.63, 3.8) is 0 Å². The third-order valence-corrected chi connectivity index (χ3v) is 5.76. The van der Waals surface area contributed by atoms with Gasteiger partial charge in [0.15, 0.2) is 0 Å². The quantitative estimate of drug-likeness (QED) is 0.762. The Morgan fingerprint density at radius 1 is 1.24 bits per heavy atom. The van der Waals surface area contributed by atoms with Crippen molar-refractivity contribution >= 4 is 10.0 Å². The molecule has 3 atom stereocenters. The molecule has 0 aromatic heterocycles. The number of hydrogen-bond donors (Lipinski definition) is 1. The monoisotopic (exact) mass is 262 g/mol. The van der Waals surface area contributed by atoms with Crippen LogP contribution in [0.1, 0.15) is 40.0 Å². The van der Waals surface area contributed by atoms with Gasteiger partial charge in [-0.2, -0.15) is 4.31 Å². The Bertz CT molecular complexity index is 329. The molecule has 0 aromatic rings. The summed E-state index contributed by atoms with van der Waals surface area (Å²) in [6.45, 7) is 7.54. The summed E-state index contributed by atoms with van der Waals surface area (Å²) in [5, 5.41) is 0. The molecule has 1 aliphatic heterocycles. The average molecular weight is 262 g/mol. The highest BCUT2D eigenvalue weighted by molar-refractivity contribution is 7.89. The third kappa shape index (κ3) is 3.93. The Balaban J connectivity index is 2.68. The number of sulfonamides is 1. The lowest BCUT2D eigenvalue weighted by Crippen LogP contribution is -2.49. The van der Waals surface area contributed by atoms with Crippen molar-refractivity contribution in [3.05, 3.63) is 0 Å². The molecule has 0 aromatic carbocycles. The molecule has 1 aliphatic rings. The van der Waals surface area contributed by atoms with Gasteiger partial charge in [0.25, 0.3) is 0 Å². The topological polar surface area (TPSA) is 63.4 Å². The first-order valence-corrected chi connectivity index (χ1v) is 8.19. The van der Waals surface area contributed by atoms with Gasteiger partial charge in [0.05, 0.1) is 5.75 Å². The highest BCUT2D eigenvalue weighted by Gasteiger charge is 2.35. The maximum Gasteiger partial charge on any atom is 0.214 e. The number of piperidine rings is 1. The van der Waals surface area contributed by atoms with Crippen molar-refractivity contribution in [1.82, 2.24) is 4.31 Å². The van der Waals surface area contributed by atoms with E-state index in [2.05, 4.69) is 13.8 Å². The van der Waals surface area contributed by atoms with Crippen molar-refractivity contribution in [2.45, 2.75) is 46.1 Å². The number of rotatable bonds is 5. The van der Waals surface area contributed by atoms with Crippen molar-refractivity contribution in [2.24, 2.45) is 17.6 Å². The fourth-order valence-corrected chi connectivity index (χ4v) is 4.58. The van der Waals surface area contributed by atoms with Gasteiger partial charge >= 0.3 is 0 Å². The average Bonchev–Trinajstić information content (AvgIpc) is 2.23. The molecule has 1 saturated heterocycles. The minimum Gasteiger partial charge on any atom is -0.330 e. The zero-order chi connectivity index (χ0) is 13.1. The zero-order valence-electron chi connectivity index (χ0n) is 11.2. The van der Waals surface area contributed by atoms with Gasteiger partial charge in [-0.3, -0.25) is 0 Å². The lowest BCUT2D eigenvalue weighted by Gasteiger charge is -2.40. The van der Waals surface area contributed by atoms with E-state index in [1.165, 1.54) is 0 Å². The van der Waals surface area contributed by atoms with Crippen molar-refractivity contribution in [2.75, 3.05) is 18.8 Å². The van der Waals surface area contributed by atoms with Crippen LogP contribution in [0.2, 0.25) is 0 Å². The van der Waals surface area contributed by atoms with Gasteiger partial charge in [0, 0.05) is 12.6 Å². The van der Waals surface area contributed by atoms with Crippen LogP contribution >= 0.6 is 0 Å². The second-order valence-electron chi connectivity index (χ2n) is 5.44. The molecule has 0 radical (unpaired) electrons. The first-order chi connectivity index (χ1) is 7.88. The second kappa shape index (κ2) is 6.16. The standard InChI is InChI=1S/C12H26N2O2S/c1-10-8-11(2)12(3)14(9-10)17(15,16)7-5-4-6-13/h10-12H,4-9,13H2,1-3H3. The summed E-state index contributed by atoms with van der Waals surface area (Å²) in [5.41, 5.74) is 5.40. The van der Waals surface area contributed by atoms with Gasteiger partial charge in [-0.1, -0.05) is 13.8 Å². The van der Waals surface area contributed by atoms with Crippen LogP contribution in [0.4, 0.5) is 0 Å². The molecule has 0 spiro atoms. The van der Waals surface area contributed by atoms with Crippen molar-refractivity contribution in [3.8, 4) is 0 Å². The lowest BCUT2D eigenvalue weighted by atomic mass is 9.88. The van der Waals surface area contributed by atoms with Crippen LogP contribution < -0.4 is 5.73 Å². The number of nitrogens with two attached hydrogens (primary N) is 1. The van der Waals surface area contributed by atoms with Gasteiger partial charge < -0.3 is 5.73 Å². The predicted molar refractivity (Wildman–Crippen MR) is 71.2 cm³/mol. The van der Waals surface area contributed by atoms with Crippen LogP contribution in [0.15, 0.2) is 0 Å². The van der Waals surface area contributed by atoms with E-state index in [0.717, 1.165) is 12.8 Å². The second-order valence-corrected chi connectivity index (χ2v) is 7.48. The molecule has 0 aliphatic carbocycles. The Morgan fingerprint density at radius 3 is 2.47 bits per heavy atom. The van der Waals surface area contributed by atoms with Gasteiger partial charge in [0.1, 0.15) is 0 Å². The molecule has 1 fully saturated rings. The van der Waals surface area contributed by atoms with Crippen LogP contribution in [-0.2, 0) is 10.0 Å². The Hall–Kier alpha value is -0.130. The first kappa shape index (κ1) is 14.9. The highest BCUT2D eigenvalue weighted by atomic mass is 32.2. The van der Waals surface area contributed by atoms with E-state index >= 15 is 0 Å². The molecule has 102 valence electrons. The van der Waals surface area contributed by atoms with E-state index in [4.69, 9.17) is 5.73 Å². The largest absolute Gasteiger partial charge is 0.330 e. The first-order valence-electron chi connectivity index (χ1n) is 6.58. The maximum atomic E-state index is 12.2. The van der Waals surface area contributed by atoms with Crippen LogP contribution in [0, 0.1) is 11.8 Å². The van der Waals surface area contributed by atoms with Crippen LogP contribution in [0.25, 0.3) is 0 Å². The fourth-order valence-electron chi connectivity index (χ4n) is 2.58. The molecule has 17 heavy (non-hydrogen) atoms. The fraction of sp³-hybridized carbons (Fsp3) is 1.00. The summed E-state index contributed by atoms with van der Waals surface area (Å²) in [6, 6.07) is 0.133. The molecule has 2 N–H and O–H groups in total. The summed E-state index contributed by atoms with van der Waals surface area (Å²) in [4.78, 5) is 0. The van der Waals surface area contributed by atoms with Gasteiger partial charge in [0.2, 0.25) is 10.0 Å². The summed E-state index contributed by atoms with van der Waals surface area (Å²) >= 11 is 0. The smallest absolute Gasteiger partial charge is 0.214 e. The summed E-state index contributed by atoms with van der Waals surface area (Å²) in [6.07, 6.45) is 2.58. The minimum absolute atomic E-state index is 0.133. The van der Waals surface area contributed by atoms with E-state index in [0.29, 0.717) is 31.3 Å². The SMILES string of the molecule is CC1CC(C)C(C)N(S(=O)(=O)CCCCN)C1. The number of nitrogens with zero attached hydrogens (tertiary/aromatic N) is 1. The maximum absolute atomic E-state index is 12.2. The predicted octanol–water partition coefficient (Wildman–Crippen LogP) is 1.42. The molecule has 1 rings (SSSR count). The van der Waals surface area contributed by atoms with E-state index in [1.54, 1.807) is 4.31 Å². The molecule has 5 heteroatoms. The molecule has 0 saturated carbocycles. The van der Waals surface area contributed by atoms with E-state index in [9.17, 15) is 8.42 Å². The van der Waals surface area contributed by atoms with E-state index < -0.39 is 10.0 Å². The third-order valence-electron chi connectivity index (χ3n) is 3.76. The number of unbranched alkanes of at least 4 members (excludes halogenated alkanes) is 1. The summed E-state index contributed by atoms with van der Waals surface area (Å²) in [5.74, 6) is 1.15. The molecule has 0 amide bonds. The van der Waals surface area contributed by atoms with Gasteiger partial charge in [-0.05, 0) is 44.6 Å². The molecular weight excluding hydrogens is 236 g/mol. The van der Waals surface area contributed by atoms with Crippen LogP contribution in [0.5, 0.6) is 0 Å². The highest BCUT2D eigenvalue weighted by Crippen LogP contribution is 2.29. The molecule has 3 unspecified atom stereocenters. The Morgan fingerprint density at radius 2 is 1.88 bits per heavy atom. The van der Waals surface area contributed by atoms with Gasteiger partial charge in [-0.15, -0.1) is 0 Å². The Labute approximate surface area is 106 Å². The van der Waals surface area contributed by atoms with Crippen LogP contribution in [-0.4, -0.2) is 37.6 Å². The molecular formula is C12H26N2O2S. The van der Waals surface area contributed by atoms with E-state index in [1.807, 2.05) is 6.92 Å². The van der Waals surface area contributed by atoms with Crippen LogP contribution in [0.3, 0.4) is 0 Å². The minimum atomic E-state index is -3.09. The molecule has 0 bridgehead atoms.